The summed E-state index contributed by atoms with van der Waals surface area (Å²) in [5, 5.41) is 0. The van der Waals surface area contributed by atoms with Gasteiger partial charge in [0.15, 0.2) is 0 Å². The maximum atomic E-state index is 13.7. The van der Waals surface area contributed by atoms with Gasteiger partial charge in [0.05, 0.1) is 5.69 Å². The molecule has 1 aliphatic heterocycles. The SMILES string of the molecule is O=C(C1CC1)N1CCN(c2ccc(F)cc2F)CC1. The van der Waals surface area contributed by atoms with Crippen molar-refractivity contribution in [3.8, 4) is 0 Å². The third kappa shape index (κ3) is 2.55. The number of hydrogen-bond acceptors (Lipinski definition) is 2. The minimum Gasteiger partial charge on any atom is -0.366 e. The Morgan fingerprint density at radius 3 is 2.37 bits per heavy atom. The second kappa shape index (κ2) is 4.79. The van der Waals surface area contributed by atoms with Crippen LogP contribution in [0, 0.1) is 17.6 Å². The van der Waals surface area contributed by atoms with E-state index < -0.39 is 11.6 Å². The van der Waals surface area contributed by atoms with Gasteiger partial charge in [0.2, 0.25) is 5.91 Å². The van der Waals surface area contributed by atoms with Gasteiger partial charge in [0.25, 0.3) is 0 Å². The van der Waals surface area contributed by atoms with Gasteiger partial charge in [-0.1, -0.05) is 0 Å². The van der Waals surface area contributed by atoms with Gasteiger partial charge in [-0.2, -0.15) is 0 Å². The van der Waals surface area contributed by atoms with Crippen LogP contribution in [0.25, 0.3) is 0 Å². The molecule has 1 aromatic carbocycles. The Kier molecular flexibility index (Phi) is 3.12. The third-order valence-electron chi connectivity index (χ3n) is 3.77. The zero-order chi connectivity index (χ0) is 13.4. The highest BCUT2D eigenvalue weighted by atomic mass is 19.1. The second-order valence-corrected chi connectivity index (χ2v) is 5.18. The molecule has 1 aromatic rings. The molecule has 0 N–H and O–H groups in total. The molecular weight excluding hydrogens is 250 g/mol. The fourth-order valence-electron chi connectivity index (χ4n) is 2.49. The number of rotatable bonds is 2. The van der Waals surface area contributed by atoms with E-state index in [2.05, 4.69) is 0 Å². The molecule has 0 unspecified atom stereocenters. The minimum absolute atomic E-state index is 0.231. The lowest BCUT2D eigenvalue weighted by molar-refractivity contribution is -0.132. The molecule has 3 nitrogen and oxygen atoms in total. The molecule has 0 bridgehead atoms. The van der Waals surface area contributed by atoms with Crippen molar-refractivity contribution in [3.63, 3.8) is 0 Å². The van der Waals surface area contributed by atoms with E-state index in [0.717, 1.165) is 18.9 Å². The normalized spacial score (nSPS) is 19.7. The van der Waals surface area contributed by atoms with E-state index in [9.17, 15) is 13.6 Å². The van der Waals surface area contributed by atoms with E-state index in [0.29, 0.717) is 31.9 Å². The van der Waals surface area contributed by atoms with Crippen molar-refractivity contribution in [2.45, 2.75) is 12.8 Å². The maximum Gasteiger partial charge on any atom is 0.225 e. The Morgan fingerprint density at radius 1 is 1.11 bits per heavy atom. The van der Waals surface area contributed by atoms with E-state index in [1.54, 1.807) is 0 Å². The predicted octanol–water partition coefficient (Wildman–Crippen LogP) is 2.02. The Bertz CT molecular complexity index is 494. The summed E-state index contributed by atoms with van der Waals surface area (Å²) in [6.45, 7) is 2.43. The molecule has 0 spiro atoms. The molecule has 0 atom stereocenters. The highest BCUT2D eigenvalue weighted by molar-refractivity contribution is 5.81. The summed E-state index contributed by atoms with van der Waals surface area (Å²) in [6.07, 6.45) is 2.01. The van der Waals surface area contributed by atoms with E-state index in [4.69, 9.17) is 0 Å². The van der Waals surface area contributed by atoms with E-state index in [1.165, 1.54) is 12.1 Å². The van der Waals surface area contributed by atoms with Gasteiger partial charge in [-0.15, -0.1) is 0 Å². The van der Waals surface area contributed by atoms with Crippen LogP contribution in [0.2, 0.25) is 0 Å². The van der Waals surface area contributed by atoms with Crippen LogP contribution < -0.4 is 4.90 Å². The van der Waals surface area contributed by atoms with Crippen LogP contribution in [0.3, 0.4) is 0 Å². The fourth-order valence-corrected chi connectivity index (χ4v) is 2.49. The lowest BCUT2D eigenvalue weighted by Crippen LogP contribution is -2.49. The summed E-state index contributed by atoms with van der Waals surface area (Å²) in [4.78, 5) is 15.6. The molecule has 1 aliphatic carbocycles. The highest BCUT2D eigenvalue weighted by Crippen LogP contribution is 2.31. The first-order chi connectivity index (χ1) is 9.15. The molecular formula is C14H16F2N2O. The average molecular weight is 266 g/mol. The summed E-state index contributed by atoms with van der Waals surface area (Å²) < 4.78 is 26.5. The summed E-state index contributed by atoms with van der Waals surface area (Å²) in [6, 6.07) is 3.63. The van der Waals surface area contributed by atoms with Gasteiger partial charge in [-0.3, -0.25) is 4.79 Å². The molecule has 1 saturated carbocycles. The molecule has 19 heavy (non-hydrogen) atoms. The van der Waals surface area contributed by atoms with Crippen LogP contribution in [0.5, 0.6) is 0 Å². The molecule has 102 valence electrons. The number of halogens is 2. The number of carbonyl (C=O) groups excluding carboxylic acids is 1. The van der Waals surface area contributed by atoms with Crippen LogP contribution in [-0.2, 0) is 4.79 Å². The molecule has 3 rings (SSSR count). The van der Waals surface area contributed by atoms with Crippen LogP contribution in [0.4, 0.5) is 14.5 Å². The van der Waals surface area contributed by atoms with Crippen LogP contribution in [-0.4, -0.2) is 37.0 Å². The first-order valence-electron chi connectivity index (χ1n) is 6.64. The smallest absolute Gasteiger partial charge is 0.225 e. The second-order valence-electron chi connectivity index (χ2n) is 5.18. The molecule has 0 radical (unpaired) electrons. The first kappa shape index (κ1) is 12.4. The number of nitrogens with zero attached hydrogens (tertiary/aromatic N) is 2. The number of hydrogen-bond donors (Lipinski definition) is 0. The Balaban J connectivity index is 1.64. The van der Waals surface area contributed by atoms with Crippen molar-refractivity contribution in [2.24, 2.45) is 5.92 Å². The van der Waals surface area contributed by atoms with Gasteiger partial charge >= 0.3 is 0 Å². The molecule has 2 aliphatic rings. The van der Waals surface area contributed by atoms with Crippen molar-refractivity contribution in [1.82, 2.24) is 4.90 Å². The Morgan fingerprint density at radius 2 is 1.79 bits per heavy atom. The van der Waals surface area contributed by atoms with Crippen molar-refractivity contribution < 1.29 is 13.6 Å². The van der Waals surface area contributed by atoms with E-state index in [-0.39, 0.29) is 11.8 Å². The van der Waals surface area contributed by atoms with Gasteiger partial charge < -0.3 is 9.80 Å². The standard InChI is InChI=1S/C14H16F2N2O/c15-11-3-4-13(12(16)9-11)17-5-7-18(8-6-17)14(19)10-1-2-10/h3-4,9-10H,1-2,5-8H2. The molecule has 5 heteroatoms. The van der Waals surface area contributed by atoms with Gasteiger partial charge in [-0.05, 0) is 25.0 Å². The summed E-state index contributed by atoms with van der Waals surface area (Å²) in [5.41, 5.74) is 0.417. The molecule has 1 amide bonds. The fraction of sp³-hybridized carbons (Fsp3) is 0.500. The zero-order valence-electron chi connectivity index (χ0n) is 10.6. The van der Waals surface area contributed by atoms with Crippen molar-refractivity contribution in [1.29, 1.82) is 0 Å². The van der Waals surface area contributed by atoms with E-state index in [1.807, 2.05) is 9.80 Å². The minimum atomic E-state index is -0.566. The monoisotopic (exact) mass is 266 g/mol. The molecule has 1 saturated heterocycles. The largest absolute Gasteiger partial charge is 0.366 e. The number of anilines is 1. The van der Waals surface area contributed by atoms with Crippen LogP contribution in [0.15, 0.2) is 18.2 Å². The highest BCUT2D eigenvalue weighted by Gasteiger charge is 2.34. The Hall–Kier alpha value is -1.65. The molecule has 1 heterocycles. The van der Waals surface area contributed by atoms with Gasteiger partial charge in [-0.25, -0.2) is 8.78 Å². The van der Waals surface area contributed by atoms with Crippen LogP contribution in [0.1, 0.15) is 12.8 Å². The number of carbonyl (C=O) groups is 1. The quantitative estimate of drug-likeness (QED) is 0.817. The lowest BCUT2D eigenvalue weighted by atomic mass is 10.2. The van der Waals surface area contributed by atoms with Crippen molar-refractivity contribution in [2.75, 3.05) is 31.1 Å². The average Bonchev–Trinajstić information content (AvgIpc) is 3.22. The van der Waals surface area contributed by atoms with Crippen molar-refractivity contribution >= 4 is 11.6 Å². The molecule has 0 aromatic heterocycles. The number of piperazine rings is 1. The van der Waals surface area contributed by atoms with Crippen LogP contribution >= 0.6 is 0 Å². The Labute approximate surface area is 110 Å². The summed E-state index contributed by atoms with van der Waals surface area (Å²) >= 11 is 0. The summed E-state index contributed by atoms with van der Waals surface area (Å²) in [7, 11) is 0. The van der Waals surface area contributed by atoms with Crippen molar-refractivity contribution in [3.05, 3.63) is 29.8 Å². The lowest BCUT2D eigenvalue weighted by Gasteiger charge is -2.36. The van der Waals surface area contributed by atoms with Gasteiger partial charge in [0, 0.05) is 38.2 Å². The maximum absolute atomic E-state index is 13.7. The number of amides is 1. The summed E-state index contributed by atoms with van der Waals surface area (Å²) in [5.74, 6) is -0.640. The zero-order valence-corrected chi connectivity index (χ0v) is 10.6. The third-order valence-corrected chi connectivity index (χ3v) is 3.77. The topological polar surface area (TPSA) is 23.6 Å². The van der Waals surface area contributed by atoms with E-state index >= 15 is 0 Å². The number of benzene rings is 1. The first-order valence-corrected chi connectivity index (χ1v) is 6.64. The molecule has 2 fully saturated rings. The predicted molar refractivity (Wildman–Crippen MR) is 67.9 cm³/mol. The van der Waals surface area contributed by atoms with Gasteiger partial charge in [0.1, 0.15) is 11.6 Å².